The molecule has 96 valence electrons. The van der Waals surface area contributed by atoms with Gasteiger partial charge in [0.05, 0.1) is 5.56 Å². The predicted molar refractivity (Wildman–Crippen MR) is 66.9 cm³/mol. The minimum Gasteiger partial charge on any atom is -0.454 e. The van der Waals surface area contributed by atoms with Gasteiger partial charge in [-0.25, -0.2) is 0 Å². The van der Waals surface area contributed by atoms with Gasteiger partial charge in [0, 0.05) is 6.04 Å². The average Bonchev–Trinajstić information content (AvgIpc) is 2.87. The van der Waals surface area contributed by atoms with Crippen molar-refractivity contribution >= 4 is 5.91 Å². The second kappa shape index (κ2) is 4.88. The van der Waals surface area contributed by atoms with Crippen LogP contribution in [0.2, 0.25) is 0 Å². The number of ether oxygens (including phenoxy) is 2. The van der Waals surface area contributed by atoms with E-state index in [2.05, 4.69) is 5.32 Å². The van der Waals surface area contributed by atoms with E-state index in [0.29, 0.717) is 23.1 Å². The van der Waals surface area contributed by atoms with E-state index >= 15 is 0 Å². The van der Waals surface area contributed by atoms with Crippen LogP contribution in [0.15, 0.2) is 18.2 Å². The largest absolute Gasteiger partial charge is 0.454 e. The molecule has 1 aliphatic heterocycles. The van der Waals surface area contributed by atoms with Crippen LogP contribution in [-0.2, 0) is 0 Å². The summed E-state index contributed by atoms with van der Waals surface area (Å²) in [5.74, 6) is 1.18. The van der Waals surface area contributed by atoms with Crippen molar-refractivity contribution in [1.29, 1.82) is 0 Å². The Morgan fingerprint density at radius 2 is 2.00 bits per heavy atom. The van der Waals surface area contributed by atoms with Crippen molar-refractivity contribution in [3.8, 4) is 11.5 Å². The molecule has 3 rings (SSSR count). The lowest BCUT2D eigenvalue weighted by Crippen LogP contribution is -2.36. The standard InChI is InChI=1S/C14H17NO3/c16-14(15-10-5-2-1-3-6-10)11-7-4-8-12-13(11)18-9-17-12/h4,7-8,10H,1-3,5-6,9H2,(H,15,16). The summed E-state index contributed by atoms with van der Waals surface area (Å²) in [6.45, 7) is 0.197. The summed E-state index contributed by atoms with van der Waals surface area (Å²) in [6.07, 6.45) is 5.86. The van der Waals surface area contributed by atoms with E-state index in [1.807, 2.05) is 12.1 Å². The summed E-state index contributed by atoms with van der Waals surface area (Å²) in [6, 6.07) is 5.73. The molecule has 1 aromatic rings. The summed E-state index contributed by atoms with van der Waals surface area (Å²) in [4.78, 5) is 12.2. The molecule has 18 heavy (non-hydrogen) atoms. The molecule has 1 heterocycles. The summed E-state index contributed by atoms with van der Waals surface area (Å²) < 4.78 is 10.6. The van der Waals surface area contributed by atoms with Gasteiger partial charge in [-0.15, -0.1) is 0 Å². The Labute approximate surface area is 106 Å². The lowest BCUT2D eigenvalue weighted by Gasteiger charge is -2.22. The van der Waals surface area contributed by atoms with Crippen LogP contribution in [-0.4, -0.2) is 18.7 Å². The number of hydrogen-bond donors (Lipinski definition) is 1. The Balaban J connectivity index is 1.74. The number of benzene rings is 1. The third-order valence-corrected chi connectivity index (χ3v) is 3.58. The van der Waals surface area contributed by atoms with E-state index in [1.165, 1.54) is 19.3 Å². The van der Waals surface area contributed by atoms with Gasteiger partial charge in [-0.1, -0.05) is 25.3 Å². The first-order valence-corrected chi connectivity index (χ1v) is 6.54. The van der Waals surface area contributed by atoms with E-state index in [4.69, 9.17) is 9.47 Å². The van der Waals surface area contributed by atoms with Crippen LogP contribution in [0.4, 0.5) is 0 Å². The highest BCUT2D eigenvalue weighted by atomic mass is 16.7. The monoisotopic (exact) mass is 247 g/mol. The number of hydrogen-bond acceptors (Lipinski definition) is 3. The van der Waals surface area contributed by atoms with Crippen LogP contribution >= 0.6 is 0 Å². The zero-order valence-corrected chi connectivity index (χ0v) is 10.3. The van der Waals surface area contributed by atoms with Gasteiger partial charge in [-0.2, -0.15) is 0 Å². The fraction of sp³-hybridized carbons (Fsp3) is 0.500. The molecule has 1 fully saturated rings. The van der Waals surface area contributed by atoms with Crippen LogP contribution in [0.5, 0.6) is 11.5 Å². The van der Waals surface area contributed by atoms with E-state index in [1.54, 1.807) is 6.07 Å². The average molecular weight is 247 g/mol. The first-order chi connectivity index (χ1) is 8.84. The molecule has 4 heteroatoms. The van der Waals surface area contributed by atoms with E-state index in [0.717, 1.165) is 12.8 Å². The number of rotatable bonds is 2. The first-order valence-electron chi connectivity index (χ1n) is 6.54. The van der Waals surface area contributed by atoms with Crippen LogP contribution in [0.3, 0.4) is 0 Å². The van der Waals surface area contributed by atoms with Crippen LogP contribution < -0.4 is 14.8 Å². The number of nitrogens with one attached hydrogen (secondary N) is 1. The Morgan fingerprint density at radius 1 is 1.17 bits per heavy atom. The maximum Gasteiger partial charge on any atom is 0.255 e. The zero-order chi connectivity index (χ0) is 12.4. The number of carbonyl (C=O) groups excluding carboxylic acids is 1. The van der Waals surface area contributed by atoms with E-state index in [9.17, 15) is 4.79 Å². The van der Waals surface area contributed by atoms with Crippen molar-refractivity contribution in [3.05, 3.63) is 23.8 Å². The third kappa shape index (κ3) is 2.15. The molecular weight excluding hydrogens is 230 g/mol. The SMILES string of the molecule is O=C(NC1CCCCC1)c1cccc2c1OCO2. The molecule has 0 aromatic heterocycles. The van der Waals surface area contributed by atoms with Gasteiger partial charge in [0.1, 0.15) is 0 Å². The van der Waals surface area contributed by atoms with Gasteiger partial charge in [-0.3, -0.25) is 4.79 Å². The minimum absolute atomic E-state index is 0.0516. The van der Waals surface area contributed by atoms with Gasteiger partial charge >= 0.3 is 0 Å². The second-order valence-electron chi connectivity index (χ2n) is 4.85. The number of fused-ring (bicyclic) bond motifs is 1. The first kappa shape index (κ1) is 11.4. The zero-order valence-electron chi connectivity index (χ0n) is 10.3. The number of amides is 1. The lowest BCUT2D eigenvalue weighted by molar-refractivity contribution is 0.0923. The van der Waals surface area contributed by atoms with Crippen LogP contribution in [0.1, 0.15) is 42.5 Å². The Morgan fingerprint density at radius 3 is 2.83 bits per heavy atom. The van der Waals surface area contributed by atoms with Crippen LogP contribution in [0.25, 0.3) is 0 Å². The predicted octanol–water partition coefficient (Wildman–Crippen LogP) is 2.48. The maximum absolute atomic E-state index is 12.2. The van der Waals surface area contributed by atoms with Gasteiger partial charge in [0.25, 0.3) is 5.91 Å². The normalized spacial score (nSPS) is 18.7. The van der Waals surface area contributed by atoms with Crippen molar-refractivity contribution < 1.29 is 14.3 Å². The molecule has 0 atom stereocenters. The van der Waals surface area contributed by atoms with Gasteiger partial charge in [0.15, 0.2) is 11.5 Å². The van der Waals surface area contributed by atoms with Crippen molar-refractivity contribution in [2.45, 2.75) is 38.1 Å². The molecule has 1 saturated carbocycles. The fourth-order valence-corrected chi connectivity index (χ4v) is 2.62. The molecule has 2 aliphatic rings. The summed E-state index contributed by atoms with van der Waals surface area (Å²) >= 11 is 0. The highest BCUT2D eigenvalue weighted by Gasteiger charge is 2.23. The number of para-hydroxylation sites is 1. The second-order valence-corrected chi connectivity index (χ2v) is 4.85. The summed E-state index contributed by atoms with van der Waals surface area (Å²) in [5.41, 5.74) is 0.579. The summed E-state index contributed by atoms with van der Waals surface area (Å²) in [7, 11) is 0. The quantitative estimate of drug-likeness (QED) is 0.873. The summed E-state index contributed by atoms with van der Waals surface area (Å²) in [5, 5.41) is 3.09. The maximum atomic E-state index is 12.2. The van der Waals surface area contributed by atoms with Gasteiger partial charge in [0.2, 0.25) is 6.79 Å². The molecular formula is C14H17NO3. The van der Waals surface area contributed by atoms with Crippen molar-refractivity contribution in [3.63, 3.8) is 0 Å². The lowest BCUT2D eigenvalue weighted by atomic mass is 9.95. The molecule has 1 aliphatic carbocycles. The smallest absolute Gasteiger partial charge is 0.255 e. The van der Waals surface area contributed by atoms with E-state index < -0.39 is 0 Å². The molecule has 0 spiro atoms. The molecule has 0 radical (unpaired) electrons. The van der Waals surface area contributed by atoms with Crippen molar-refractivity contribution in [2.75, 3.05) is 6.79 Å². The van der Waals surface area contributed by atoms with Crippen molar-refractivity contribution in [1.82, 2.24) is 5.32 Å². The molecule has 0 unspecified atom stereocenters. The Kier molecular flexibility index (Phi) is 3.09. The Hall–Kier alpha value is -1.71. The highest BCUT2D eigenvalue weighted by Crippen LogP contribution is 2.35. The highest BCUT2D eigenvalue weighted by molar-refractivity contribution is 5.98. The molecule has 1 N–H and O–H groups in total. The number of carbonyl (C=O) groups is 1. The van der Waals surface area contributed by atoms with Gasteiger partial charge < -0.3 is 14.8 Å². The molecule has 4 nitrogen and oxygen atoms in total. The van der Waals surface area contributed by atoms with Crippen molar-refractivity contribution in [2.24, 2.45) is 0 Å². The molecule has 0 bridgehead atoms. The molecule has 1 amide bonds. The van der Waals surface area contributed by atoms with E-state index in [-0.39, 0.29) is 12.7 Å². The fourth-order valence-electron chi connectivity index (χ4n) is 2.62. The topological polar surface area (TPSA) is 47.6 Å². The Bertz CT molecular complexity index is 452. The third-order valence-electron chi connectivity index (χ3n) is 3.58. The van der Waals surface area contributed by atoms with Crippen LogP contribution in [0, 0.1) is 0 Å². The minimum atomic E-state index is -0.0516. The van der Waals surface area contributed by atoms with Gasteiger partial charge in [-0.05, 0) is 25.0 Å². The molecule has 0 saturated heterocycles. The molecule has 1 aromatic carbocycles.